The normalized spacial score (nSPS) is 15.5. The number of rotatable bonds is 4. The Hall–Kier alpha value is -3.03. The Morgan fingerprint density at radius 2 is 1.84 bits per heavy atom. The first-order valence-corrected chi connectivity index (χ1v) is 7.95. The molecule has 7 nitrogen and oxygen atoms in total. The average Bonchev–Trinajstić information content (AvgIpc) is 3.10. The van der Waals surface area contributed by atoms with Gasteiger partial charge < -0.3 is 25.7 Å². The minimum atomic E-state index is -0.538. The van der Waals surface area contributed by atoms with E-state index in [0.29, 0.717) is 17.3 Å². The van der Waals surface area contributed by atoms with Gasteiger partial charge in [-0.05, 0) is 30.3 Å². The van der Waals surface area contributed by atoms with Gasteiger partial charge in [0, 0.05) is 31.9 Å². The van der Waals surface area contributed by atoms with Crippen LogP contribution >= 0.6 is 0 Å². The van der Waals surface area contributed by atoms with Crippen LogP contribution < -0.4 is 16.4 Å². The Bertz CT molecular complexity index is 764. The molecule has 4 N–H and O–H groups in total. The summed E-state index contributed by atoms with van der Waals surface area (Å²) in [5, 5.41) is 0. The Morgan fingerprint density at radius 1 is 1.16 bits per heavy atom. The van der Waals surface area contributed by atoms with Gasteiger partial charge in [-0.3, -0.25) is 4.79 Å². The highest BCUT2D eigenvalue weighted by atomic mass is 19.1. The Labute approximate surface area is 144 Å². The van der Waals surface area contributed by atoms with Crippen LogP contribution in [0.4, 0.5) is 10.1 Å². The number of hydrogen-bond acceptors (Lipinski definition) is 4. The van der Waals surface area contributed by atoms with Gasteiger partial charge in [0.2, 0.25) is 0 Å². The third kappa shape index (κ3) is 4.09. The first-order valence-electron chi connectivity index (χ1n) is 7.95. The van der Waals surface area contributed by atoms with Crippen LogP contribution in [0, 0.1) is 5.82 Å². The van der Waals surface area contributed by atoms with Crippen LogP contribution in [0.15, 0.2) is 46.0 Å². The van der Waals surface area contributed by atoms with Gasteiger partial charge >= 0.3 is 0 Å². The summed E-state index contributed by atoms with van der Waals surface area (Å²) >= 11 is 0. The summed E-state index contributed by atoms with van der Waals surface area (Å²) in [6.07, 6.45) is 1.31. The predicted molar refractivity (Wildman–Crippen MR) is 92.7 cm³/mol. The number of benzene rings is 1. The third-order valence-electron chi connectivity index (χ3n) is 4.13. The third-order valence-corrected chi connectivity index (χ3v) is 4.13. The van der Waals surface area contributed by atoms with Crippen molar-refractivity contribution in [1.82, 2.24) is 4.90 Å². The Balaban J connectivity index is 1.54. The molecule has 1 fully saturated rings. The summed E-state index contributed by atoms with van der Waals surface area (Å²) in [4.78, 5) is 19.5. The molecule has 0 bridgehead atoms. The van der Waals surface area contributed by atoms with E-state index in [4.69, 9.17) is 15.9 Å². The summed E-state index contributed by atoms with van der Waals surface area (Å²) in [6.45, 7) is 3.23. The number of carbonyl (C=O) groups is 1. The molecule has 25 heavy (non-hydrogen) atoms. The molecular formula is C17H20FN5O2. The molecule has 0 spiro atoms. The molecule has 2 aromatic rings. The zero-order chi connectivity index (χ0) is 17.8. The Kier molecular flexibility index (Phi) is 4.87. The monoisotopic (exact) mass is 345 g/mol. The second-order valence-electron chi connectivity index (χ2n) is 5.79. The Morgan fingerprint density at radius 3 is 2.44 bits per heavy atom. The van der Waals surface area contributed by atoms with Crippen LogP contribution in [0.3, 0.4) is 0 Å². The van der Waals surface area contributed by atoms with E-state index in [1.165, 1.54) is 18.4 Å². The van der Waals surface area contributed by atoms with Crippen molar-refractivity contribution >= 4 is 17.6 Å². The molecular weight excluding hydrogens is 325 g/mol. The summed E-state index contributed by atoms with van der Waals surface area (Å²) in [6, 6.07) is 8.03. The van der Waals surface area contributed by atoms with Gasteiger partial charge in [0.25, 0.3) is 5.91 Å². The number of nitrogens with zero attached hydrogens (tertiary/aromatic N) is 3. The van der Waals surface area contributed by atoms with Crippen LogP contribution in [-0.2, 0) is 6.54 Å². The summed E-state index contributed by atoms with van der Waals surface area (Å²) in [5.74, 6) is 0.178. The minimum Gasteiger partial charge on any atom is -0.467 e. The molecule has 8 heteroatoms. The molecule has 1 aliphatic heterocycles. The number of piperazine rings is 1. The number of anilines is 1. The summed E-state index contributed by atoms with van der Waals surface area (Å²) in [5.41, 5.74) is 12.5. The fraction of sp³-hybridized carbons (Fsp3) is 0.294. The number of amides is 1. The van der Waals surface area contributed by atoms with E-state index in [1.54, 1.807) is 18.2 Å². The first-order chi connectivity index (χ1) is 12.0. The molecule has 0 radical (unpaired) electrons. The number of guanidine groups is 1. The maximum absolute atomic E-state index is 13.0. The number of carbonyl (C=O) groups excluding carboxylic acids is 1. The molecule has 1 aromatic heterocycles. The molecule has 1 aliphatic rings. The molecule has 0 saturated carbocycles. The molecule has 132 valence electrons. The van der Waals surface area contributed by atoms with E-state index in [-0.39, 0.29) is 12.4 Å². The number of aliphatic imine (C=N–C) groups is 1. The first kappa shape index (κ1) is 16.8. The average molecular weight is 345 g/mol. The van der Waals surface area contributed by atoms with Crippen molar-refractivity contribution in [3.05, 3.63) is 53.7 Å². The molecule has 3 rings (SSSR count). The standard InChI is InChI=1S/C17H20FN5O2/c18-13-1-3-14(4-2-13)22-5-7-23(8-6-22)17(20)21-10-15-9-12(11-25-15)16(19)24/h1-4,9,11H,5-8,10H2,(H2,19,24)(H2,20,21). The second-order valence-corrected chi connectivity index (χ2v) is 5.79. The second kappa shape index (κ2) is 7.25. The van der Waals surface area contributed by atoms with Crippen molar-refractivity contribution in [1.29, 1.82) is 0 Å². The maximum atomic E-state index is 13.0. The largest absolute Gasteiger partial charge is 0.467 e. The van der Waals surface area contributed by atoms with Gasteiger partial charge in [-0.2, -0.15) is 0 Å². The maximum Gasteiger partial charge on any atom is 0.251 e. The van der Waals surface area contributed by atoms with E-state index in [2.05, 4.69) is 9.89 Å². The van der Waals surface area contributed by atoms with E-state index in [0.717, 1.165) is 31.9 Å². The SMILES string of the molecule is NC(=O)c1coc(CN=C(N)N2CCN(c3ccc(F)cc3)CC2)c1. The van der Waals surface area contributed by atoms with Crippen LogP contribution in [0.25, 0.3) is 0 Å². The van der Waals surface area contributed by atoms with E-state index >= 15 is 0 Å². The number of nitrogens with two attached hydrogens (primary N) is 2. The van der Waals surface area contributed by atoms with Crippen molar-refractivity contribution in [2.75, 3.05) is 31.1 Å². The number of furan rings is 1. The zero-order valence-electron chi connectivity index (χ0n) is 13.7. The number of primary amides is 1. The quantitative estimate of drug-likeness (QED) is 0.639. The fourth-order valence-corrected chi connectivity index (χ4v) is 2.70. The highest BCUT2D eigenvalue weighted by Crippen LogP contribution is 2.17. The van der Waals surface area contributed by atoms with E-state index in [1.807, 2.05) is 4.90 Å². The molecule has 2 heterocycles. The molecule has 1 saturated heterocycles. The van der Waals surface area contributed by atoms with Gasteiger partial charge in [0.15, 0.2) is 5.96 Å². The molecule has 0 atom stereocenters. The van der Waals surface area contributed by atoms with Crippen molar-refractivity contribution in [2.24, 2.45) is 16.5 Å². The van der Waals surface area contributed by atoms with Crippen LogP contribution in [-0.4, -0.2) is 42.9 Å². The molecule has 0 aliphatic carbocycles. The van der Waals surface area contributed by atoms with Crippen LogP contribution in [0.5, 0.6) is 0 Å². The lowest BCUT2D eigenvalue weighted by Crippen LogP contribution is -2.51. The topological polar surface area (TPSA) is 101 Å². The highest BCUT2D eigenvalue weighted by Gasteiger charge is 2.18. The van der Waals surface area contributed by atoms with Gasteiger partial charge in [0.05, 0.1) is 5.56 Å². The van der Waals surface area contributed by atoms with Gasteiger partial charge in [-0.15, -0.1) is 0 Å². The van der Waals surface area contributed by atoms with Crippen molar-refractivity contribution < 1.29 is 13.6 Å². The molecule has 1 amide bonds. The lowest BCUT2D eigenvalue weighted by Gasteiger charge is -2.36. The zero-order valence-corrected chi connectivity index (χ0v) is 13.7. The smallest absolute Gasteiger partial charge is 0.251 e. The number of hydrogen-bond donors (Lipinski definition) is 2. The van der Waals surface area contributed by atoms with Crippen molar-refractivity contribution in [2.45, 2.75) is 6.54 Å². The lowest BCUT2D eigenvalue weighted by atomic mass is 10.2. The van der Waals surface area contributed by atoms with Crippen LogP contribution in [0.2, 0.25) is 0 Å². The van der Waals surface area contributed by atoms with Gasteiger partial charge in [0.1, 0.15) is 24.4 Å². The van der Waals surface area contributed by atoms with E-state index < -0.39 is 5.91 Å². The summed E-state index contributed by atoms with van der Waals surface area (Å²) < 4.78 is 18.2. The van der Waals surface area contributed by atoms with E-state index in [9.17, 15) is 9.18 Å². The molecule has 1 aromatic carbocycles. The molecule has 0 unspecified atom stereocenters. The van der Waals surface area contributed by atoms with Gasteiger partial charge in [-0.1, -0.05) is 0 Å². The van der Waals surface area contributed by atoms with Crippen molar-refractivity contribution in [3.63, 3.8) is 0 Å². The summed E-state index contributed by atoms with van der Waals surface area (Å²) in [7, 11) is 0. The predicted octanol–water partition coefficient (Wildman–Crippen LogP) is 1.15. The van der Waals surface area contributed by atoms with Crippen LogP contribution in [0.1, 0.15) is 16.1 Å². The van der Waals surface area contributed by atoms with Gasteiger partial charge in [-0.25, -0.2) is 9.38 Å². The van der Waals surface area contributed by atoms with Crippen molar-refractivity contribution in [3.8, 4) is 0 Å². The lowest BCUT2D eigenvalue weighted by molar-refractivity contribution is 0.0999. The minimum absolute atomic E-state index is 0.240. The number of halogens is 1. The highest BCUT2D eigenvalue weighted by molar-refractivity contribution is 5.92. The fourth-order valence-electron chi connectivity index (χ4n) is 2.70.